The molecule has 2 amide bonds. The number of carboxylic acids is 1. The Kier molecular flexibility index (Phi) is 10.9. The second-order valence-corrected chi connectivity index (χ2v) is 6.74. The zero-order valence-electron chi connectivity index (χ0n) is 16.8. The van der Waals surface area contributed by atoms with Gasteiger partial charge in [-0.25, -0.2) is 0 Å². The average molecular weight is 399 g/mol. The van der Waals surface area contributed by atoms with Gasteiger partial charge in [0.25, 0.3) is 0 Å². The van der Waals surface area contributed by atoms with Gasteiger partial charge in [-0.15, -0.1) is 0 Å². The molecule has 1 heterocycles. The third-order valence-corrected chi connectivity index (χ3v) is 4.49. The van der Waals surface area contributed by atoms with Gasteiger partial charge in [-0.3, -0.25) is 14.5 Å². The first-order valence-corrected chi connectivity index (χ1v) is 9.18. The summed E-state index contributed by atoms with van der Waals surface area (Å²) in [6, 6.07) is 4.61. The van der Waals surface area contributed by atoms with Crippen LogP contribution in [0.4, 0.5) is 0 Å². The molecular formula is C19H26LiN3O6. The first-order valence-electron chi connectivity index (χ1n) is 9.18. The number of ether oxygens (including phenoxy) is 1. The minimum atomic E-state index is -1.41. The third-order valence-electron chi connectivity index (χ3n) is 4.49. The van der Waals surface area contributed by atoms with E-state index in [0.29, 0.717) is 37.4 Å². The van der Waals surface area contributed by atoms with Crippen LogP contribution in [0.2, 0.25) is 0 Å². The smallest absolute Gasteiger partial charge is 0.548 e. The number of hydrogen-bond acceptors (Lipinski definition) is 7. The zero-order valence-corrected chi connectivity index (χ0v) is 16.8. The number of nitrogens with one attached hydrogen (secondary N) is 2. The van der Waals surface area contributed by atoms with Gasteiger partial charge in [-0.05, 0) is 24.5 Å². The molecular weight excluding hydrogens is 373 g/mol. The van der Waals surface area contributed by atoms with E-state index in [1.807, 2.05) is 4.90 Å². The number of hydrogen-bond donors (Lipinski definition) is 3. The topological polar surface area (TPSA) is 131 Å². The van der Waals surface area contributed by atoms with Crippen LogP contribution in [0.5, 0.6) is 0 Å². The second kappa shape index (κ2) is 12.6. The van der Waals surface area contributed by atoms with Gasteiger partial charge in [-0.1, -0.05) is 24.3 Å². The van der Waals surface area contributed by atoms with E-state index in [1.165, 1.54) is 6.92 Å². The fraction of sp³-hybridized carbons (Fsp3) is 0.526. The van der Waals surface area contributed by atoms with E-state index < -0.39 is 24.0 Å². The molecule has 0 unspecified atom stereocenters. The molecule has 1 aromatic carbocycles. The zero-order chi connectivity index (χ0) is 20.5. The van der Waals surface area contributed by atoms with Crippen molar-refractivity contribution in [3.63, 3.8) is 0 Å². The molecule has 0 saturated carbocycles. The molecule has 0 aliphatic carbocycles. The molecule has 0 radical (unpaired) electrons. The number of aliphatic carboxylic acids is 1. The molecule has 0 aromatic heterocycles. The van der Waals surface area contributed by atoms with Gasteiger partial charge in [0.2, 0.25) is 11.8 Å². The number of amides is 2. The summed E-state index contributed by atoms with van der Waals surface area (Å²) >= 11 is 0. The fourth-order valence-electron chi connectivity index (χ4n) is 2.82. The minimum Gasteiger partial charge on any atom is -0.548 e. The molecule has 2 rings (SSSR count). The van der Waals surface area contributed by atoms with Crippen LogP contribution in [0.3, 0.4) is 0 Å². The maximum atomic E-state index is 12.3. The summed E-state index contributed by atoms with van der Waals surface area (Å²) in [7, 11) is 0. The summed E-state index contributed by atoms with van der Waals surface area (Å²) in [6.45, 7) is 3.97. The van der Waals surface area contributed by atoms with Crippen molar-refractivity contribution >= 4 is 17.8 Å². The summed E-state index contributed by atoms with van der Waals surface area (Å²) in [5.41, 5.74) is 1.38. The van der Waals surface area contributed by atoms with Crippen molar-refractivity contribution in [2.75, 3.05) is 32.8 Å². The van der Waals surface area contributed by atoms with Crippen LogP contribution in [0.15, 0.2) is 24.3 Å². The van der Waals surface area contributed by atoms with Crippen molar-refractivity contribution in [1.82, 2.24) is 15.5 Å². The average Bonchev–Trinajstić information content (AvgIpc) is 2.68. The molecule has 1 aromatic rings. The third kappa shape index (κ3) is 8.56. The van der Waals surface area contributed by atoms with Gasteiger partial charge in [0.05, 0.1) is 38.4 Å². The van der Waals surface area contributed by atoms with Gasteiger partial charge in [-0.2, -0.15) is 0 Å². The normalized spacial score (nSPS) is 16.2. The monoisotopic (exact) mass is 399 g/mol. The van der Waals surface area contributed by atoms with Gasteiger partial charge < -0.3 is 30.4 Å². The van der Waals surface area contributed by atoms with E-state index in [4.69, 9.17) is 9.84 Å². The summed E-state index contributed by atoms with van der Waals surface area (Å²) in [6.07, 6.45) is 0.0359. The Bertz CT molecular complexity index is 679. The number of rotatable bonds is 9. The molecule has 1 aliphatic rings. The number of carboxylic acid groups (broad SMARTS) is 1. The van der Waals surface area contributed by atoms with Crippen molar-refractivity contribution in [2.45, 2.75) is 32.0 Å². The van der Waals surface area contributed by atoms with Crippen LogP contribution < -0.4 is 34.6 Å². The summed E-state index contributed by atoms with van der Waals surface area (Å²) < 4.78 is 5.22. The predicted molar refractivity (Wildman–Crippen MR) is 97.9 cm³/mol. The van der Waals surface area contributed by atoms with E-state index in [-0.39, 0.29) is 44.3 Å². The maximum Gasteiger partial charge on any atom is 1.00 e. The van der Waals surface area contributed by atoms with Crippen molar-refractivity contribution in [1.29, 1.82) is 0 Å². The first-order chi connectivity index (χ1) is 13.4. The molecule has 29 heavy (non-hydrogen) atoms. The minimum absolute atomic E-state index is 0. The molecule has 1 fully saturated rings. The van der Waals surface area contributed by atoms with Crippen LogP contribution in [0.25, 0.3) is 0 Å². The Balaban J connectivity index is 0.00000420. The van der Waals surface area contributed by atoms with E-state index >= 15 is 0 Å². The number of aliphatic hydroxyl groups is 1. The molecule has 10 heteroatoms. The van der Waals surface area contributed by atoms with Crippen molar-refractivity contribution in [3.8, 4) is 0 Å². The molecule has 3 N–H and O–H groups in total. The molecule has 0 spiro atoms. The molecule has 0 bridgehead atoms. The predicted octanol–water partition coefficient (Wildman–Crippen LogP) is -5.20. The van der Waals surface area contributed by atoms with Crippen molar-refractivity contribution in [2.24, 2.45) is 0 Å². The van der Waals surface area contributed by atoms with Crippen LogP contribution >= 0.6 is 0 Å². The number of carbonyl (C=O) groups is 3. The van der Waals surface area contributed by atoms with E-state index in [0.717, 1.165) is 0 Å². The Morgan fingerprint density at radius 1 is 1.14 bits per heavy atom. The van der Waals surface area contributed by atoms with Crippen LogP contribution in [-0.4, -0.2) is 72.7 Å². The van der Waals surface area contributed by atoms with E-state index in [2.05, 4.69) is 10.6 Å². The fourth-order valence-corrected chi connectivity index (χ4v) is 2.82. The van der Waals surface area contributed by atoms with Gasteiger partial charge in [0, 0.05) is 13.1 Å². The van der Waals surface area contributed by atoms with E-state index in [9.17, 15) is 19.5 Å². The Labute approximate surface area is 182 Å². The number of nitrogens with zero attached hydrogens (tertiary/aromatic N) is 1. The number of morpholine rings is 1. The Morgan fingerprint density at radius 2 is 1.72 bits per heavy atom. The van der Waals surface area contributed by atoms with Gasteiger partial charge in [0.15, 0.2) is 0 Å². The standard InChI is InChI=1S/C19H27N3O6.Li/c1-13(20-17(24)11-22-6-8-28-9-7-22)18(25)21-16(19(26)27)10-14-2-4-15(12-23)5-3-14;/h2-5,13,16,23H,6-12H2,1H3,(H,20,24)(H,21,25)(H,26,27);/q;+1/p-1/t13-,16-;/m0./s1. The van der Waals surface area contributed by atoms with Crippen LogP contribution in [-0.2, 0) is 32.1 Å². The van der Waals surface area contributed by atoms with Gasteiger partial charge in [0.1, 0.15) is 6.04 Å². The maximum absolute atomic E-state index is 12.3. The largest absolute Gasteiger partial charge is 1.00 e. The van der Waals surface area contributed by atoms with Crippen molar-refractivity contribution in [3.05, 3.63) is 35.4 Å². The van der Waals surface area contributed by atoms with Crippen LogP contribution in [0.1, 0.15) is 18.1 Å². The molecule has 154 valence electrons. The van der Waals surface area contributed by atoms with Crippen LogP contribution in [0, 0.1) is 0 Å². The number of benzene rings is 1. The summed E-state index contributed by atoms with van der Waals surface area (Å²) in [5.74, 6) is -2.32. The Morgan fingerprint density at radius 3 is 2.28 bits per heavy atom. The van der Waals surface area contributed by atoms with Gasteiger partial charge >= 0.3 is 18.9 Å². The first kappa shape index (κ1) is 25.1. The van der Waals surface area contributed by atoms with Crippen molar-refractivity contribution < 1.29 is 48.2 Å². The SMILES string of the molecule is C[C@H](NC(=O)CN1CCOCC1)C(=O)N[C@@H](Cc1ccc(CO)cc1)C(=O)[O-].[Li+]. The quantitative estimate of drug-likeness (QED) is 0.354. The Hall–Kier alpha value is -1.89. The number of aliphatic hydroxyl groups excluding tert-OH is 1. The number of carbonyl (C=O) groups excluding carboxylic acids is 3. The molecule has 9 nitrogen and oxygen atoms in total. The summed E-state index contributed by atoms with van der Waals surface area (Å²) in [5, 5.41) is 25.4. The molecule has 1 aliphatic heterocycles. The second-order valence-electron chi connectivity index (χ2n) is 6.74. The molecule has 2 atom stereocenters. The summed E-state index contributed by atoms with van der Waals surface area (Å²) in [4.78, 5) is 37.7. The van der Waals surface area contributed by atoms with E-state index in [1.54, 1.807) is 24.3 Å². The molecule has 1 saturated heterocycles.